The number of anilines is 1. The molecule has 1 aromatic heterocycles. The van der Waals surface area contributed by atoms with Gasteiger partial charge in [-0.25, -0.2) is 0 Å². The van der Waals surface area contributed by atoms with Crippen molar-refractivity contribution in [2.24, 2.45) is 0 Å². The first-order valence-corrected chi connectivity index (χ1v) is 9.29. The van der Waals surface area contributed by atoms with Crippen LogP contribution in [0, 0.1) is 6.92 Å². The van der Waals surface area contributed by atoms with E-state index in [-0.39, 0.29) is 24.3 Å². The van der Waals surface area contributed by atoms with Crippen LogP contribution < -0.4 is 5.32 Å². The van der Waals surface area contributed by atoms with E-state index in [1.54, 1.807) is 13.0 Å². The molecule has 27 heavy (non-hydrogen) atoms. The second-order valence-corrected chi connectivity index (χ2v) is 7.04. The Morgan fingerprint density at radius 3 is 2.52 bits per heavy atom. The molecule has 1 aliphatic rings. The number of amides is 2. The summed E-state index contributed by atoms with van der Waals surface area (Å²) in [7, 11) is 0. The molecule has 144 valence electrons. The molecule has 7 heteroatoms. The summed E-state index contributed by atoms with van der Waals surface area (Å²) in [6.45, 7) is 6.83. The molecule has 1 N–H and O–H groups in total. The Balaban J connectivity index is 1.41. The van der Waals surface area contributed by atoms with Gasteiger partial charge in [-0.15, -0.1) is 0 Å². The van der Waals surface area contributed by atoms with Gasteiger partial charge in [0.2, 0.25) is 11.8 Å². The van der Waals surface area contributed by atoms with Gasteiger partial charge in [-0.05, 0) is 18.4 Å². The van der Waals surface area contributed by atoms with Gasteiger partial charge in [0.1, 0.15) is 5.76 Å². The summed E-state index contributed by atoms with van der Waals surface area (Å²) in [5.41, 5.74) is 1.18. The van der Waals surface area contributed by atoms with Crippen molar-refractivity contribution in [2.45, 2.75) is 26.2 Å². The highest BCUT2D eigenvalue weighted by molar-refractivity contribution is 5.91. The highest BCUT2D eigenvalue weighted by Gasteiger charge is 2.24. The quantitative estimate of drug-likeness (QED) is 0.844. The predicted molar refractivity (Wildman–Crippen MR) is 102 cm³/mol. The maximum absolute atomic E-state index is 12.6. The largest absolute Gasteiger partial charge is 0.360 e. The summed E-state index contributed by atoms with van der Waals surface area (Å²) in [6, 6.07) is 11.8. The standard InChI is InChI=1S/C20H26N4O3/c1-15(17-6-4-3-5-7-17)12-20(26)24-10-8-23(9-11-24)14-19(25)21-18-13-16(2)27-22-18/h3-7,13,15H,8-12,14H2,1-2H3,(H,21,22,25). The van der Waals surface area contributed by atoms with Gasteiger partial charge in [0.05, 0.1) is 6.54 Å². The molecule has 1 aliphatic heterocycles. The molecule has 0 spiro atoms. The Morgan fingerprint density at radius 2 is 1.89 bits per heavy atom. The molecule has 2 heterocycles. The first-order chi connectivity index (χ1) is 13.0. The van der Waals surface area contributed by atoms with Crippen LogP contribution in [0.2, 0.25) is 0 Å². The van der Waals surface area contributed by atoms with Crippen molar-refractivity contribution >= 4 is 17.6 Å². The summed E-state index contributed by atoms with van der Waals surface area (Å²) < 4.78 is 4.94. The Hall–Kier alpha value is -2.67. The number of carbonyl (C=O) groups is 2. The SMILES string of the molecule is Cc1cc(NC(=O)CN2CCN(C(=O)CC(C)c3ccccc3)CC2)no1. The van der Waals surface area contributed by atoms with Gasteiger partial charge in [0.15, 0.2) is 5.82 Å². The highest BCUT2D eigenvalue weighted by Crippen LogP contribution is 2.20. The van der Waals surface area contributed by atoms with Gasteiger partial charge in [0.25, 0.3) is 0 Å². The van der Waals surface area contributed by atoms with Gasteiger partial charge in [-0.2, -0.15) is 0 Å². The molecule has 1 fully saturated rings. The number of piperazine rings is 1. The minimum absolute atomic E-state index is 0.124. The van der Waals surface area contributed by atoms with Crippen LogP contribution in [-0.2, 0) is 9.59 Å². The van der Waals surface area contributed by atoms with E-state index in [0.29, 0.717) is 44.2 Å². The maximum atomic E-state index is 12.6. The monoisotopic (exact) mass is 370 g/mol. The van der Waals surface area contributed by atoms with E-state index in [1.165, 1.54) is 5.56 Å². The van der Waals surface area contributed by atoms with E-state index in [4.69, 9.17) is 4.52 Å². The fourth-order valence-corrected chi connectivity index (χ4v) is 3.26. The first-order valence-electron chi connectivity index (χ1n) is 9.29. The third kappa shape index (κ3) is 5.40. The molecule has 1 aromatic carbocycles. The fourth-order valence-electron chi connectivity index (χ4n) is 3.26. The zero-order valence-corrected chi connectivity index (χ0v) is 15.9. The number of benzene rings is 1. The smallest absolute Gasteiger partial charge is 0.239 e. The number of nitrogens with one attached hydrogen (secondary N) is 1. The van der Waals surface area contributed by atoms with Crippen LogP contribution >= 0.6 is 0 Å². The zero-order valence-electron chi connectivity index (χ0n) is 15.9. The van der Waals surface area contributed by atoms with Gasteiger partial charge < -0.3 is 14.7 Å². The number of rotatable bonds is 6. The van der Waals surface area contributed by atoms with Gasteiger partial charge in [-0.1, -0.05) is 42.4 Å². The summed E-state index contributed by atoms with van der Waals surface area (Å²) in [5, 5.41) is 6.48. The fraction of sp³-hybridized carbons (Fsp3) is 0.450. The highest BCUT2D eigenvalue weighted by atomic mass is 16.5. The molecule has 1 unspecified atom stereocenters. The number of hydrogen-bond acceptors (Lipinski definition) is 5. The molecule has 3 rings (SSSR count). The van der Waals surface area contributed by atoms with Crippen molar-refractivity contribution in [3.8, 4) is 0 Å². The Kier molecular flexibility index (Phi) is 6.24. The molecular formula is C20H26N4O3. The molecule has 0 saturated carbocycles. The summed E-state index contributed by atoms with van der Waals surface area (Å²) in [4.78, 5) is 28.6. The van der Waals surface area contributed by atoms with E-state index < -0.39 is 0 Å². The van der Waals surface area contributed by atoms with E-state index in [9.17, 15) is 9.59 Å². The van der Waals surface area contributed by atoms with Crippen LogP contribution in [0.25, 0.3) is 0 Å². The van der Waals surface area contributed by atoms with Crippen LogP contribution in [0.1, 0.15) is 30.6 Å². The Bertz CT molecular complexity index is 767. The minimum atomic E-state index is -0.124. The second-order valence-electron chi connectivity index (χ2n) is 7.04. The summed E-state index contributed by atoms with van der Waals surface area (Å²) in [5.74, 6) is 1.34. The number of hydrogen-bond donors (Lipinski definition) is 1. The number of nitrogens with zero attached hydrogens (tertiary/aromatic N) is 3. The van der Waals surface area contributed by atoms with Crippen LogP contribution in [0.5, 0.6) is 0 Å². The molecule has 2 aromatic rings. The van der Waals surface area contributed by atoms with E-state index >= 15 is 0 Å². The van der Waals surface area contributed by atoms with Crippen LogP contribution in [-0.4, -0.2) is 59.5 Å². The minimum Gasteiger partial charge on any atom is -0.360 e. The average Bonchev–Trinajstić information content (AvgIpc) is 3.07. The Morgan fingerprint density at radius 1 is 1.19 bits per heavy atom. The molecular weight excluding hydrogens is 344 g/mol. The average molecular weight is 370 g/mol. The lowest BCUT2D eigenvalue weighted by Crippen LogP contribution is -2.50. The Labute approximate surface area is 159 Å². The third-order valence-electron chi connectivity index (χ3n) is 4.84. The van der Waals surface area contributed by atoms with E-state index in [2.05, 4.69) is 29.5 Å². The predicted octanol–water partition coefficient (Wildman–Crippen LogP) is 2.26. The van der Waals surface area contributed by atoms with Crippen LogP contribution in [0.4, 0.5) is 5.82 Å². The summed E-state index contributed by atoms with van der Waals surface area (Å²) >= 11 is 0. The van der Waals surface area contributed by atoms with Gasteiger partial charge >= 0.3 is 0 Å². The molecule has 0 aliphatic carbocycles. The van der Waals surface area contributed by atoms with Crippen LogP contribution in [0.3, 0.4) is 0 Å². The first kappa shape index (κ1) is 19.1. The van der Waals surface area contributed by atoms with Crippen molar-refractivity contribution < 1.29 is 14.1 Å². The maximum Gasteiger partial charge on any atom is 0.239 e. The van der Waals surface area contributed by atoms with Crippen molar-refractivity contribution in [3.63, 3.8) is 0 Å². The van der Waals surface area contributed by atoms with Crippen LogP contribution in [0.15, 0.2) is 40.9 Å². The number of aromatic nitrogens is 1. The lowest BCUT2D eigenvalue weighted by molar-refractivity contribution is -0.133. The van der Waals surface area contributed by atoms with Crippen molar-refractivity contribution in [1.29, 1.82) is 0 Å². The summed E-state index contributed by atoms with van der Waals surface area (Å²) in [6.07, 6.45) is 0.510. The van der Waals surface area contributed by atoms with Gasteiger partial charge in [0, 0.05) is 38.7 Å². The zero-order chi connectivity index (χ0) is 19.2. The molecule has 2 amide bonds. The molecule has 0 radical (unpaired) electrons. The molecule has 0 bridgehead atoms. The number of carbonyl (C=O) groups excluding carboxylic acids is 2. The molecule has 7 nitrogen and oxygen atoms in total. The lowest BCUT2D eigenvalue weighted by Gasteiger charge is -2.34. The second kappa shape index (κ2) is 8.81. The topological polar surface area (TPSA) is 78.7 Å². The molecule has 1 saturated heterocycles. The van der Waals surface area contributed by atoms with Crippen molar-refractivity contribution in [3.05, 3.63) is 47.7 Å². The van der Waals surface area contributed by atoms with E-state index in [0.717, 1.165) is 0 Å². The van der Waals surface area contributed by atoms with Crippen molar-refractivity contribution in [2.75, 3.05) is 38.0 Å². The van der Waals surface area contributed by atoms with Crippen molar-refractivity contribution in [1.82, 2.24) is 15.0 Å². The third-order valence-corrected chi connectivity index (χ3v) is 4.84. The number of aryl methyl sites for hydroxylation is 1. The van der Waals surface area contributed by atoms with Gasteiger partial charge in [-0.3, -0.25) is 14.5 Å². The van der Waals surface area contributed by atoms with E-state index in [1.807, 2.05) is 28.0 Å². The lowest BCUT2D eigenvalue weighted by atomic mass is 9.97. The molecule has 1 atom stereocenters. The normalized spacial score (nSPS) is 16.1.